The lowest BCUT2D eigenvalue weighted by atomic mass is 10.0. The summed E-state index contributed by atoms with van der Waals surface area (Å²) in [5, 5.41) is 11.5. The van der Waals surface area contributed by atoms with Crippen molar-refractivity contribution in [3.05, 3.63) is 71.7 Å². The number of benzene rings is 2. The van der Waals surface area contributed by atoms with E-state index in [0.717, 1.165) is 11.1 Å². The minimum atomic E-state index is -0.984. The Labute approximate surface area is 234 Å². The highest BCUT2D eigenvalue weighted by Gasteiger charge is 2.36. The molecule has 4 aromatic rings. The summed E-state index contributed by atoms with van der Waals surface area (Å²) in [6, 6.07) is 15.6. The van der Waals surface area contributed by atoms with Crippen LogP contribution in [0.1, 0.15) is 50.3 Å². The first-order valence-corrected chi connectivity index (χ1v) is 13.3. The maximum atomic E-state index is 14.0. The van der Waals surface area contributed by atoms with Crippen molar-refractivity contribution < 1.29 is 23.5 Å². The van der Waals surface area contributed by atoms with Gasteiger partial charge in [0, 0.05) is 12.1 Å². The van der Waals surface area contributed by atoms with Gasteiger partial charge in [-0.15, -0.1) is 5.10 Å². The molecule has 0 aliphatic rings. The molecule has 0 unspecified atom stereocenters. The second kappa shape index (κ2) is 12.2. The number of para-hydroxylation sites is 1. The summed E-state index contributed by atoms with van der Waals surface area (Å²) >= 11 is 0. The third-order valence-electron chi connectivity index (χ3n) is 7.05. The molecule has 0 aliphatic carbocycles. The highest BCUT2D eigenvalue weighted by molar-refractivity contribution is 5.89. The summed E-state index contributed by atoms with van der Waals surface area (Å²) in [6.07, 6.45) is 1.18. The summed E-state index contributed by atoms with van der Waals surface area (Å²) in [4.78, 5) is 29.4. The standard InChI is InChI=1S/C30H37N5O5/c1-7-30(3,4)31-29(37)28(25-14-12-20(2)40-25)34(17-16-21-13-15-24(38-5)26(18-21)39-6)27(36)19-35-23-11-9-8-10-22(23)32-33-35/h8-15,18,28H,7,16-17,19H2,1-6H3,(H,31,37)/t28-/m0/s1. The van der Waals surface area contributed by atoms with Crippen LogP contribution in [0, 0.1) is 6.92 Å². The van der Waals surface area contributed by atoms with Crippen LogP contribution >= 0.6 is 0 Å². The lowest BCUT2D eigenvalue weighted by Crippen LogP contribution is -2.51. The Hall–Kier alpha value is -4.34. The number of ether oxygens (including phenoxy) is 2. The van der Waals surface area contributed by atoms with Crippen LogP contribution in [0.4, 0.5) is 0 Å². The molecule has 4 rings (SSSR count). The molecule has 0 bridgehead atoms. The average Bonchev–Trinajstić information content (AvgIpc) is 3.56. The molecule has 2 aromatic carbocycles. The number of amides is 2. The predicted molar refractivity (Wildman–Crippen MR) is 151 cm³/mol. The maximum absolute atomic E-state index is 14.0. The number of nitrogens with zero attached hydrogens (tertiary/aromatic N) is 4. The molecule has 1 atom stereocenters. The summed E-state index contributed by atoms with van der Waals surface area (Å²) < 4.78 is 18.3. The summed E-state index contributed by atoms with van der Waals surface area (Å²) in [6.45, 7) is 7.87. The van der Waals surface area contributed by atoms with Crippen LogP contribution in [0.25, 0.3) is 11.0 Å². The van der Waals surface area contributed by atoms with Crippen LogP contribution in [0.15, 0.2) is 59.0 Å². The molecular formula is C30H37N5O5. The Kier molecular flexibility index (Phi) is 8.77. The van der Waals surface area contributed by atoms with Crippen LogP contribution < -0.4 is 14.8 Å². The third-order valence-corrected chi connectivity index (χ3v) is 7.05. The fraction of sp³-hybridized carbons (Fsp3) is 0.400. The van der Waals surface area contributed by atoms with E-state index in [9.17, 15) is 9.59 Å². The van der Waals surface area contributed by atoms with E-state index in [1.165, 1.54) is 0 Å². The number of hydrogen-bond donors (Lipinski definition) is 1. The Morgan fingerprint density at radius 1 is 1.07 bits per heavy atom. The monoisotopic (exact) mass is 547 g/mol. The summed E-state index contributed by atoms with van der Waals surface area (Å²) in [7, 11) is 3.16. The van der Waals surface area contributed by atoms with Crippen molar-refractivity contribution in [1.82, 2.24) is 25.2 Å². The van der Waals surface area contributed by atoms with E-state index in [-0.39, 0.29) is 24.9 Å². The predicted octanol–water partition coefficient (Wildman–Crippen LogP) is 4.47. The van der Waals surface area contributed by atoms with E-state index < -0.39 is 11.6 Å². The van der Waals surface area contributed by atoms with E-state index in [1.807, 2.05) is 70.2 Å². The SMILES string of the molecule is CCC(C)(C)NC(=O)[C@H](c1ccc(C)o1)N(CCc1ccc(OC)c(OC)c1)C(=O)Cn1nnc2ccccc21. The van der Waals surface area contributed by atoms with Gasteiger partial charge in [-0.2, -0.15) is 0 Å². The Bertz CT molecular complexity index is 1470. The van der Waals surface area contributed by atoms with E-state index in [2.05, 4.69) is 15.6 Å². The Morgan fingerprint density at radius 3 is 2.50 bits per heavy atom. The smallest absolute Gasteiger partial charge is 0.251 e. The van der Waals surface area contributed by atoms with E-state index in [4.69, 9.17) is 13.9 Å². The molecule has 212 valence electrons. The third kappa shape index (κ3) is 6.44. The molecule has 2 aromatic heterocycles. The number of hydrogen-bond acceptors (Lipinski definition) is 7. The zero-order valence-electron chi connectivity index (χ0n) is 23.9. The molecule has 10 nitrogen and oxygen atoms in total. The van der Waals surface area contributed by atoms with Crippen LogP contribution in [0.3, 0.4) is 0 Å². The second-order valence-corrected chi connectivity index (χ2v) is 10.3. The molecule has 40 heavy (non-hydrogen) atoms. The van der Waals surface area contributed by atoms with Gasteiger partial charge >= 0.3 is 0 Å². The number of carbonyl (C=O) groups is 2. The van der Waals surface area contributed by atoms with E-state index in [1.54, 1.807) is 35.9 Å². The second-order valence-electron chi connectivity index (χ2n) is 10.3. The number of methoxy groups -OCH3 is 2. The highest BCUT2D eigenvalue weighted by atomic mass is 16.5. The number of carbonyl (C=O) groups excluding carboxylic acids is 2. The molecular weight excluding hydrogens is 510 g/mol. The summed E-state index contributed by atoms with van der Waals surface area (Å²) in [5.41, 5.74) is 1.87. The molecule has 1 N–H and O–H groups in total. The van der Waals surface area contributed by atoms with Crippen molar-refractivity contribution in [2.45, 2.75) is 58.7 Å². The molecule has 2 amide bonds. The van der Waals surface area contributed by atoms with Crippen molar-refractivity contribution in [1.29, 1.82) is 0 Å². The van der Waals surface area contributed by atoms with Crippen LogP contribution in [0.5, 0.6) is 11.5 Å². The van der Waals surface area contributed by atoms with Crippen molar-refractivity contribution in [3.8, 4) is 11.5 Å². The van der Waals surface area contributed by atoms with Crippen LogP contribution in [-0.2, 0) is 22.6 Å². The van der Waals surface area contributed by atoms with E-state index in [0.29, 0.717) is 41.4 Å². The molecule has 2 heterocycles. The highest BCUT2D eigenvalue weighted by Crippen LogP contribution is 2.29. The normalized spacial score (nSPS) is 12.2. The van der Waals surface area contributed by atoms with Gasteiger partial charge in [-0.1, -0.05) is 30.3 Å². The van der Waals surface area contributed by atoms with Crippen molar-refractivity contribution in [2.24, 2.45) is 0 Å². The Balaban J connectivity index is 1.71. The molecule has 0 saturated heterocycles. The number of aryl methyl sites for hydroxylation is 1. The van der Waals surface area contributed by atoms with Gasteiger partial charge in [0.2, 0.25) is 5.91 Å². The molecule has 0 radical (unpaired) electrons. The van der Waals surface area contributed by atoms with Gasteiger partial charge in [-0.25, -0.2) is 4.68 Å². The average molecular weight is 548 g/mol. The molecule has 10 heteroatoms. The molecule has 0 fully saturated rings. The van der Waals surface area contributed by atoms with Gasteiger partial charge in [-0.3, -0.25) is 9.59 Å². The van der Waals surface area contributed by atoms with Gasteiger partial charge in [0.25, 0.3) is 5.91 Å². The van der Waals surface area contributed by atoms with Gasteiger partial charge in [0.15, 0.2) is 17.5 Å². The first-order valence-electron chi connectivity index (χ1n) is 13.3. The molecule has 0 aliphatic heterocycles. The summed E-state index contributed by atoms with van der Waals surface area (Å²) in [5.74, 6) is 1.64. The lowest BCUT2D eigenvalue weighted by Gasteiger charge is -2.33. The fourth-order valence-corrected chi connectivity index (χ4v) is 4.45. The zero-order chi connectivity index (χ0) is 28.9. The van der Waals surface area contributed by atoms with Gasteiger partial charge < -0.3 is 24.1 Å². The van der Waals surface area contributed by atoms with Crippen LogP contribution in [-0.4, -0.2) is 58.0 Å². The largest absolute Gasteiger partial charge is 0.493 e. The number of rotatable bonds is 12. The van der Waals surface area contributed by atoms with Crippen molar-refractivity contribution in [2.75, 3.05) is 20.8 Å². The first kappa shape index (κ1) is 28.7. The Morgan fingerprint density at radius 2 is 1.82 bits per heavy atom. The number of furan rings is 1. The number of fused-ring (bicyclic) bond motifs is 1. The van der Waals surface area contributed by atoms with Crippen molar-refractivity contribution >= 4 is 22.8 Å². The number of nitrogens with one attached hydrogen (secondary N) is 1. The van der Waals surface area contributed by atoms with Crippen molar-refractivity contribution in [3.63, 3.8) is 0 Å². The molecule has 0 saturated carbocycles. The van der Waals surface area contributed by atoms with E-state index >= 15 is 0 Å². The fourth-order valence-electron chi connectivity index (χ4n) is 4.45. The van der Waals surface area contributed by atoms with Gasteiger partial charge in [-0.05, 0) is 75.6 Å². The minimum absolute atomic E-state index is 0.0902. The topological polar surface area (TPSA) is 112 Å². The first-order chi connectivity index (χ1) is 19.2. The lowest BCUT2D eigenvalue weighted by molar-refractivity contribution is -0.142. The van der Waals surface area contributed by atoms with Gasteiger partial charge in [0.05, 0.1) is 19.7 Å². The van der Waals surface area contributed by atoms with Gasteiger partial charge in [0.1, 0.15) is 23.6 Å². The van der Waals surface area contributed by atoms with Crippen LogP contribution in [0.2, 0.25) is 0 Å². The quantitative estimate of drug-likeness (QED) is 0.279. The maximum Gasteiger partial charge on any atom is 0.251 e. The molecule has 0 spiro atoms. The number of aromatic nitrogens is 3. The zero-order valence-corrected chi connectivity index (χ0v) is 23.9. The minimum Gasteiger partial charge on any atom is -0.493 e.